The number of aromatic amines is 2. The molecule has 0 aromatic carbocycles. The van der Waals surface area contributed by atoms with Gasteiger partial charge in [-0.05, 0) is 0 Å². The monoisotopic (exact) mass is 246 g/mol. The molecule has 7 heteroatoms. The lowest BCUT2D eigenvalue weighted by Crippen LogP contribution is -2.33. The van der Waals surface area contributed by atoms with E-state index in [1.165, 1.54) is 11.5 Å². The van der Waals surface area contributed by atoms with Gasteiger partial charge in [-0.15, -0.1) is 0 Å². The molecular formula is C8H14N4OS2. The second-order valence-corrected chi connectivity index (χ2v) is 5.65. The van der Waals surface area contributed by atoms with E-state index in [2.05, 4.69) is 20.5 Å². The van der Waals surface area contributed by atoms with Crippen LogP contribution in [0.3, 0.4) is 0 Å². The molecule has 1 fully saturated rings. The van der Waals surface area contributed by atoms with Crippen molar-refractivity contribution in [2.45, 2.75) is 12.6 Å². The van der Waals surface area contributed by atoms with E-state index in [4.69, 9.17) is 0 Å². The number of H-pyrrole nitrogens is 2. The number of nitrogens with one attached hydrogen (secondary N) is 3. The molecule has 0 amide bonds. The van der Waals surface area contributed by atoms with Gasteiger partial charge in [-0.3, -0.25) is 4.98 Å². The van der Waals surface area contributed by atoms with Crippen LogP contribution in [-0.4, -0.2) is 44.2 Å². The lowest BCUT2D eigenvalue weighted by molar-refractivity contribution is 0.587. The predicted molar refractivity (Wildman–Crippen MR) is 64.5 cm³/mol. The lowest BCUT2D eigenvalue weighted by atomic mass is 10.4. The standard InChI is InChI=1S/C8H14N4OS2/c13-8-10-7(11-12-8)3-9-6-4-14-1-2-15-5-6/h6,9H,1-5H2,(H2,10,11,12,13). The summed E-state index contributed by atoms with van der Waals surface area (Å²) in [5, 5.41) is 9.61. The topological polar surface area (TPSA) is 73.6 Å². The van der Waals surface area contributed by atoms with Crippen LogP contribution in [0.15, 0.2) is 4.79 Å². The fourth-order valence-electron chi connectivity index (χ4n) is 1.36. The van der Waals surface area contributed by atoms with Gasteiger partial charge >= 0.3 is 5.69 Å². The van der Waals surface area contributed by atoms with Crippen molar-refractivity contribution in [3.63, 3.8) is 0 Å². The summed E-state index contributed by atoms with van der Waals surface area (Å²) in [6.07, 6.45) is 0. The van der Waals surface area contributed by atoms with Gasteiger partial charge < -0.3 is 5.32 Å². The third kappa shape index (κ3) is 3.58. The summed E-state index contributed by atoms with van der Waals surface area (Å²) in [5.41, 5.74) is -0.239. The number of hydrogen-bond acceptors (Lipinski definition) is 5. The highest BCUT2D eigenvalue weighted by Gasteiger charge is 2.12. The molecule has 0 atom stereocenters. The van der Waals surface area contributed by atoms with Crippen LogP contribution in [0.1, 0.15) is 5.82 Å². The maximum absolute atomic E-state index is 10.8. The molecule has 15 heavy (non-hydrogen) atoms. The Morgan fingerprint density at radius 3 is 2.73 bits per heavy atom. The molecule has 2 heterocycles. The van der Waals surface area contributed by atoms with Crippen molar-refractivity contribution in [3.8, 4) is 0 Å². The molecule has 0 aliphatic carbocycles. The average molecular weight is 246 g/mol. The predicted octanol–water partition coefficient (Wildman–Crippen LogP) is 0.0362. The van der Waals surface area contributed by atoms with Crippen LogP contribution in [0.2, 0.25) is 0 Å². The molecule has 0 unspecified atom stereocenters. The summed E-state index contributed by atoms with van der Waals surface area (Å²) < 4.78 is 0. The van der Waals surface area contributed by atoms with Crippen molar-refractivity contribution in [1.82, 2.24) is 20.5 Å². The zero-order valence-electron chi connectivity index (χ0n) is 8.28. The first-order chi connectivity index (χ1) is 7.34. The molecule has 0 radical (unpaired) electrons. The molecule has 3 N–H and O–H groups in total. The third-order valence-corrected chi connectivity index (χ3v) is 4.64. The SMILES string of the molecule is O=c1[nH]nc(CNC2CSCCSC2)[nH]1. The van der Waals surface area contributed by atoms with Crippen molar-refractivity contribution >= 4 is 23.5 Å². The normalized spacial score (nSPS) is 18.9. The summed E-state index contributed by atoms with van der Waals surface area (Å²) in [5.74, 6) is 5.44. The Kier molecular flexibility index (Phi) is 4.16. The molecule has 5 nitrogen and oxygen atoms in total. The maximum atomic E-state index is 10.8. The van der Waals surface area contributed by atoms with E-state index in [0.717, 1.165) is 11.5 Å². The Balaban J connectivity index is 1.79. The molecule has 1 aromatic heterocycles. The first-order valence-electron chi connectivity index (χ1n) is 4.87. The van der Waals surface area contributed by atoms with Crippen LogP contribution in [0.25, 0.3) is 0 Å². The summed E-state index contributed by atoms with van der Waals surface area (Å²) in [6, 6.07) is 0.516. The zero-order valence-corrected chi connectivity index (χ0v) is 9.92. The smallest absolute Gasteiger partial charge is 0.305 e. The van der Waals surface area contributed by atoms with E-state index in [0.29, 0.717) is 18.4 Å². The third-order valence-electron chi connectivity index (χ3n) is 2.12. The molecule has 0 saturated carbocycles. The van der Waals surface area contributed by atoms with Crippen LogP contribution in [0.4, 0.5) is 0 Å². The molecule has 1 aliphatic heterocycles. The van der Waals surface area contributed by atoms with E-state index in [1.54, 1.807) is 0 Å². The number of rotatable bonds is 3. The minimum absolute atomic E-state index is 0.239. The number of aromatic nitrogens is 3. The maximum Gasteiger partial charge on any atom is 0.340 e. The van der Waals surface area contributed by atoms with Gasteiger partial charge in [-0.2, -0.15) is 28.6 Å². The van der Waals surface area contributed by atoms with Gasteiger partial charge in [-0.25, -0.2) is 9.89 Å². The van der Waals surface area contributed by atoms with Crippen LogP contribution in [0.5, 0.6) is 0 Å². The Labute approximate surface area is 96.2 Å². The van der Waals surface area contributed by atoms with Gasteiger partial charge in [0.2, 0.25) is 0 Å². The van der Waals surface area contributed by atoms with Crippen LogP contribution in [-0.2, 0) is 6.54 Å². The first-order valence-corrected chi connectivity index (χ1v) is 7.18. The van der Waals surface area contributed by atoms with E-state index in [9.17, 15) is 4.79 Å². The highest BCUT2D eigenvalue weighted by atomic mass is 32.2. The van der Waals surface area contributed by atoms with Crippen molar-refractivity contribution < 1.29 is 0 Å². The first kappa shape index (κ1) is 11.1. The van der Waals surface area contributed by atoms with Crippen LogP contribution >= 0.6 is 23.5 Å². The second-order valence-electron chi connectivity index (χ2n) is 3.35. The largest absolute Gasteiger partial charge is 0.340 e. The number of hydrogen-bond donors (Lipinski definition) is 3. The minimum Gasteiger partial charge on any atom is -0.305 e. The summed E-state index contributed by atoms with van der Waals surface area (Å²) in [4.78, 5) is 13.4. The Bertz CT molecular complexity index is 342. The van der Waals surface area contributed by atoms with Crippen LogP contribution in [0, 0.1) is 0 Å². The highest BCUT2D eigenvalue weighted by Crippen LogP contribution is 2.16. The summed E-state index contributed by atoms with van der Waals surface area (Å²) in [7, 11) is 0. The average Bonchev–Trinajstić information content (AvgIpc) is 2.52. The number of thioether (sulfide) groups is 2. The summed E-state index contributed by atoms with van der Waals surface area (Å²) in [6.45, 7) is 0.629. The van der Waals surface area contributed by atoms with Crippen molar-refractivity contribution in [2.24, 2.45) is 0 Å². The Hall–Kier alpha value is -0.400. The Morgan fingerprint density at radius 1 is 1.40 bits per heavy atom. The Morgan fingerprint density at radius 2 is 2.13 bits per heavy atom. The van der Waals surface area contributed by atoms with Crippen molar-refractivity contribution in [1.29, 1.82) is 0 Å². The van der Waals surface area contributed by atoms with Gasteiger partial charge in [-0.1, -0.05) is 0 Å². The van der Waals surface area contributed by atoms with E-state index >= 15 is 0 Å². The van der Waals surface area contributed by atoms with E-state index in [-0.39, 0.29) is 5.69 Å². The van der Waals surface area contributed by atoms with Crippen molar-refractivity contribution in [2.75, 3.05) is 23.0 Å². The van der Waals surface area contributed by atoms with Gasteiger partial charge in [0.15, 0.2) is 0 Å². The van der Waals surface area contributed by atoms with Gasteiger partial charge in [0.25, 0.3) is 0 Å². The summed E-state index contributed by atoms with van der Waals surface area (Å²) >= 11 is 3.96. The lowest BCUT2D eigenvalue weighted by Gasteiger charge is -2.13. The highest BCUT2D eigenvalue weighted by molar-refractivity contribution is 8.03. The molecule has 1 saturated heterocycles. The fourth-order valence-corrected chi connectivity index (χ4v) is 3.83. The van der Waals surface area contributed by atoms with Crippen LogP contribution < -0.4 is 11.0 Å². The van der Waals surface area contributed by atoms with Gasteiger partial charge in [0.1, 0.15) is 5.82 Å². The molecule has 2 rings (SSSR count). The molecular weight excluding hydrogens is 232 g/mol. The molecule has 0 bridgehead atoms. The van der Waals surface area contributed by atoms with E-state index < -0.39 is 0 Å². The van der Waals surface area contributed by atoms with Crippen molar-refractivity contribution in [3.05, 3.63) is 16.3 Å². The molecule has 0 spiro atoms. The quantitative estimate of drug-likeness (QED) is 0.702. The molecule has 1 aromatic rings. The fraction of sp³-hybridized carbons (Fsp3) is 0.750. The van der Waals surface area contributed by atoms with E-state index in [1.807, 2.05) is 23.5 Å². The van der Waals surface area contributed by atoms with Gasteiger partial charge in [0.05, 0.1) is 6.54 Å². The zero-order chi connectivity index (χ0) is 10.5. The molecule has 84 valence electrons. The second kappa shape index (κ2) is 5.62. The number of nitrogens with zero attached hydrogens (tertiary/aromatic N) is 1. The van der Waals surface area contributed by atoms with Gasteiger partial charge in [0, 0.05) is 29.1 Å². The molecule has 1 aliphatic rings. The minimum atomic E-state index is -0.239.